The van der Waals surface area contributed by atoms with E-state index in [4.69, 9.17) is 4.74 Å². The number of ether oxygens (including phenoxy) is 1. The Morgan fingerprint density at radius 2 is 2.06 bits per heavy atom. The Morgan fingerprint density at radius 1 is 1.35 bits per heavy atom. The number of nitrogens with zero attached hydrogens (tertiary/aromatic N) is 1. The SMILES string of the molecule is CC(C)c1ccc(C(F)F)nc1OCC1CC1. The maximum absolute atomic E-state index is 12.6. The molecule has 0 radical (unpaired) electrons. The number of pyridine rings is 1. The first-order chi connectivity index (χ1) is 8.08. The van der Waals surface area contributed by atoms with Gasteiger partial charge in [-0.05, 0) is 30.7 Å². The summed E-state index contributed by atoms with van der Waals surface area (Å²) in [5.41, 5.74) is 0.690. The zero-order valence-electron chi connectivity index (χ0n) is 10.1. The van der Waals surface area contributed by atoms with Gasteiger partial charge in [0.1, 0.15) is 5.69 Å². The molecule has 1 aromatic heterocycles. The molecule has 0 N–H and O–H groups in total. The minimum Gasteiger partial charge on any atom is -0.477 e. The van der Waals surface area contributed by atoms with Crippen LogP contribution < -0.4 is 4.74 Å². The summed E-state index contributed by atoms with van der Waals surface area (Å²) in [5, 5.41) is 0. The molecule has 0 bridgehead atoms. The van der Waals surface area contributed by atoms with Crippen molar-refractivity contribution in [2.45, 2.75) is 39.0 Å². The monoisotopic (exact) mass is 241 g/mol. The first-order valence-electron chi connectivity index (χ1n) is 5.99. The molecular formula is C13H17F2NO. The molecule has 1 saturated carbocycles. The van der Waals surface area contributed by atoms with Gasteiger partial charge in [0.25, 0.3) is 6.43 Å². The van der Waals surface area contributed by atoms with Gasteiger partial charge >= 0.3 is 0 Å². The summed E-state index contributed by atoms with van der Waals surface area (Å²) in [7, 11) is 0. The Morgan fingerprint density at radius 3 is 2.59 bits per heavy atom. The van der Waals surface area contributed by atoms with Crippen molar-refractivity contribution in [3.05, 3.63) is 23.4 Å². The zero-order valence-corrected chi connectivity index (χ0v) is 10.1. The van der Waals surface area contributed by atoms with Gasteiger partial charge in [-0.2, -0.15) is 0 Å². The Hall–Kier alpha value is -1.19. The summed E-state index contributed by atoms with van der Waals surface area (Å²) in [4.78, 5) is 3.92. The molecule has 0 unspecified atom stereocenters. The molecule has 0 aliphatic heterocycles. The Bertz CT molecular complexity index is 389. The molecule has 0 aromatic carbocycles. The van der Waals surface area contributed by atoms with E-state index in [1.165, 1.54) is 18.9 Å². The van der Waals surface area contributed by atoms with Gasteiger partial charge in [-0.1, -0.05) is 19.9 Å². The number of hydrogen-bond acceptors (Lipinski definition) is 2. The first-order valence-corrected chi connectivity index (χ1v) is 5.99. The number of rotatable bonds is 5. The van der Waals surface area contributed by atoms with Crippen LogP contribution >= 0.6 is 0 Å². The van der Waals surface area contributed by atoms with E-state index in [0.29, 0.717) is 18.4 Å². The number of hydrogen-bond donors (Lipinski definition) is 0. The predicted octanol–water partition coefficient (Wildman–Crippen LogP) is 3.93. The van der Waals surface area contributed by atoms with E-state index in [1.807, 2.05) is 13.8 Å². The van der Waals surface area contributed by atoms with Crippen LogP contribution in [0.5, 0.6) is 5.88 Å². The van der Waals surface area contributed by atoms with E-state index in [2.05, 4.69) is 4.98 Å². The van der Waals surface area contributed by atoms with Crippen molar-refractivity contribution in [2.24, 2.45) is 5.92 Å². The molecule has 2 nitrogen and oxygen atoms in total. The van der Waals surface area contributed by atoms with Crippen LogP contribution in [0, 0.1) is 5.92 Å². The van der Waals surface area contributed by atoms with Gasteiger partial charge in [0.05, 0.1) is 6.61 Å². The topological polar surface area (TPSA) is 22.1 Å². The van der Waals surface area contributed by atoms with E-state index in [0.717, 1.165) is 5.56 Å². The molecule has 1 aliphatic carbocycles. The molecule has 17 heavy (non-hydrogen) atoms. The van der Waals surface area contributed by atoms with Crippen molar-refractivity contribution >= 4 is 0 Å². The fourth-order valence-corrected chi connectivity index (χ4v) is 1.62. The molecule has 1 aliphatic rings. The lowest BCUT2D eigenvalue weighted by atomic mass is 10.0. The molecule has 4 heteroatoms. The van der Waals surface area contributed by atoms with Crippen molar-refractivity contribution in [2.75, 3.05) is 6.61 Å². The van der Waals surface area contributed by atoms with Crippen LogP contribution in [0.1, 0.15) is 50.3 Å². The van der Waals surface area contributed by atoms with E-state index in [1.54, 1.807) is 6.07 Å². The van der Waals surface area contributed by atoms with Gasteiger partial charge in [0.2, 0.25) is 5.88 Å². The van der Waals surface area contributed by atoms with E-state index in [9.17, 15) is 8.78 Å². The van der Waals surface area contributed by atoms with Crippen LogP contribution in [-0.2, 0) is 0 Å². The number of halogens is 2. The minimum absolute atomic E-state index is 0.208. The number of aromatic nitrogens is 1. The summed E-state index contributed by atoms with van der Waals surface area (Å²) in [6, 6.07) is 3.07. The summed E-state index contributed by atoms with van der Waals surface area (Å²) in [6.07, 6.45) is -0.198. The van der Waals surface area contributed by atoms with Crippen molar-refractivity contribution in [3.8, 4) is 5.88 Å². The van der Waals surface area contributed by atoms with Crippen LogP contribution in [-0.4, -0.2) is 11.6 Å². The molecule has 0 spiro atoms. The smallest absolute Gasteiger partial charge is 0.280 e. The first kappa shape index (κ1) is 12.3. The van der Waals surface area contributed by atoms with Gasteiger partial charge in [-0.15, -0.1) is 0 Å². The van der Waals surface area contributed by atoms with Crippen LogP contribution in [0.4, 0.5) is 8.78 Å². The van der Waals surface area contributed by atoms with Gasteiger partial charge in [0.15, 0.2) is 0 Å². The Kier molecular flexibility index (Phi) is 3.60. The van der Waals surface area contributed by atoms with Gasteiger partial charge < -0.3 is 4.74 Å². The fourth-order valence-electron chi connectivity index (χ4n) is 1.62. The normalized spacial score (nSPS) is 15.6. The lowest BCUT2D eigenvalue weighted by molar-refractivity contribution is 0.144. The Balaban J connectivity index is 2.18. The van der Waals surface area contributed by atoms with Gasteiger partial charge in [-0.3, -0.25) is 0 Å². The van der Waals surface area contributed by atoms with Crippen LogP contribution in [0.2, 0.25) is 0 Å². The molecule has 0 saturated heterocycles. The summed E-state index contributed by atoms with van der Waals surface area (Å²) < 4.78 is 30.7. The highest BCUT2D eigenvalue weighted by Crippen LogP contribution is 2.32. The van der Waals surface area contributed by atoms with E-state index < -0.39 is 6.43 Å². The zero-order chi connectivity index (χ0) is 12.4. The van der Waals surface area contributed by atoms with E-state index >= 15 is 0 Å². The van der Waals surface area contributed by atoms with Gasteiger partial charge in [0, 0.05) is 5.56 Å². The lowest BCUT2D eigenvalue weighted by Crippen LogP contribution is -2.06. The quantitative estimate of drug-likeness (QED) is 0.779. The van der Waals surface area contributed by atoms with Crippen LogP contribution in [0.25, 0.3) is 0 Å². The third kappa shape index (κ3) is 3.14. The maximum Gasteiger partial charge on any atom is 0.280 e. The highest BCUT2D eigenvalue weighted by atomic mass is 19.3. The maximum atomic E-state index is 12.6. The second-order valence-electron chi connectivity index (χ2n) is 4.84. The molecule has 2 rings (SSSR count). The average molecular weight is 241 g/mol. The second kappa shape index (κ2) is 4.98. The largest absolute Gasteiger partial charge is 0.477 e. The molecule has 94 valence electrons. The third-order valence-corrected chi connectivity index (χ3v) is 2.91. The molecule has 1 heterocycles. The molecule has 1 aromatic rings. The summed E-state index contributed by atoms with van der Waals surface area (Å²) >= 11 is 0. The highest BCUT2D eigenvalue weighted by Gasteiger charge is 2.23. The summed E-state index contributed by atoms with van der Waals surface area (Å²) in [6.45, 7) is 4.60. The van der Waals surface area contributed by atoms with Crippen LogP contribution in [0.3, 0.4) is 0 Å². The predicted molar refractivity (Wildman–Crippen MR) is 61.5 cm³/mol. The highest BCUT2D eigenvalue weighted by molar-refractivity contribution is 5.31. The standard InChI is InChI=1S/C13H17F2NO/c1-8(2)10-5-6-11(12(14)15)16-13(10)17-7-9-3-4-9/h5-6,8-9,12H,3-4,7H2,1-2H3. The second-order valence-corrected chi connectivity index (χ2v) is 4.84. The minimum atomic E-state index is -2.54. The van der Waals surface area contributed by atoms with Gasteiger partial charge in [-0.25, -0.2) is 13.8 Å². The van der Waals surface area contributed by atoms with Crippen molar-refractivity contribution < 1.29 is 13.5 Å². The average Bonchev–Trinajstić information content (AvgIpc) is 3.09. The summed E-state index contributed by atoms with van der Waals surface area (Å²) in [5.74, 6) is 1.19. The Labute approximate surface area is 100 Å². The van der Waals surface area contributed by atoms with Crippen molar-refractivity contribution in [1.29, 1.82) is 0 Å². The molecular weight excluding hydrogens is 224 g/mol. The van der Waals surface area contributed by atoms with E-state index in [-0.39, 0.29) is 11.6 Å². The lowest BCUT2D eigenvalue weighted by Gasteiger charge is -2.14. The van der Waals surface area contributed by atoms with Crippen molar-refractivity contribution in [1.82, 2.24) is 4.98 Å². The van der Waals surface area contributed by atoms with Crippen molar-refractivity contribution in [3.63, 3.8) is 0 Å². The molecule has 0 atom stereocenters. The fraction of sp³-hybridized carbons (Fsp3) is 0.615. The number of alkyl halides is 2. The molecule has 0 amide bonds. The van der Waals surface area contributed by atoms with Crippen LogP contribution in [0.15, 0.2) is 12.1 Å². The third-order valence-electron chi connectivity index (χ3n) is 2.91. The molecule has 1 fully saturated rings.